The van der Waals surface area contributed by atoms with Crippen molar-refractivity contribution in [2.24, 2.45) is 11.8 Å². The van der Waals surface area contributed by atoms with Crippen molar-refractivity contribution in [3.8, 4) is 5.75 Å². The highest BCUT2D eigenvalue weighted by atomic mass is 35.5. The third-order valence-corrected chi connectivity index (χ3v) is 8.87. The predicted octanol–water partition coefficient (Wildman–Crippen LogP) is 5.56. The van der Waals surface area contributed by atoms with Gasteiger partial charge in [-0.3, -0.25) is 9.59 Å². The summed E-state index contributed by atoms with van der Waals surface area (Å²) in [6.45, 7) is 3.71. The fraction of sp³-hybridized carbons (Fsp3) is 0.533. The first-order chi connectivity index (χ1) is 19.0. The number of hydrogen-bond donors (Lipinski definition) is 0. The lowest BCUT2D eigenvalue weighted by Crippen LogP contribution is -2.44. The molecule has 3 aliphatic rings. The van der Waals surface area contributed by atoms with Gasteiger partial charge in [0.25, 0.3) is 5.91 Å². The van der Waals surface area contributed by atoms with Crippen LogP contribution in [0.1, 0.15) is 53.1 Å². The summed E-state index contributed by atoms with van der Waals surface area (Å²) in [5, 5.41) is 0.575. The van der Waals surface area contributed by atoms with E-state index in [9.17, 15) is 22.8 Å². The Kier molecular flexibility index (Phi) is 8.34. The summed E-state index contributed by atoms with van der Waals surface area (Å²) in [7, 11) is 2.76. The first kappa shape index (κ1) is 28.7. The van der Waals surface area contributed by atoms with Crippen molar-refractivity contribution >= 4 is 23.4 Å². The molecule has 2 heterocycles. The molecule has 40 heavy (non-hydrogen) atoms. The summed E-state index contributed by atoms with van der Waals surface area (Å²) in [6.07, 6.45) is -0.421. The summed E-state index contributed by atoms with van der Waals surface area (Å²) in [4.78, 5) is 33.0. The number of piperidine rings is 1. The smallest absolute Gasteiger partial charge is 0.419 e. The number of carbonyl (C=O) groups is 2. The number of rotatable bonds is 7. The normalized spacial score (nSPS) is 22.4. The molecular formula is C30H35ClF3N3O3. The van der Waals surface area contributed by atoms with Crippen molar-refractivity contribution in [2.45, 2.75) is 43.8 Å². The average molecular weight is 578 g/mol. The summed E-state index contributed by atoms with van der Waals surface area (Å²) in [5.74, 6) is -0.233. The van der Waals surface area contributed by atoms with E-state index < -0.39 is 23.7 Å². The SMILES string of the molecule is COc1ccc(C(=O)N(C)[C@H]2CN(C(=O)C3CCN(CC4CC4)CC3)C[C@@H]2c2ccc(Cl)cc2)cc1C(F)(F)F. The Morgan fingerprint density at radius 1 is 1.02 bits per heavy atom. The monoisotopic (exact) mass is 577 g/mol. The number of likely N-dealkylation sites (tertiary alicyclic amines) is 2. The molecule has 0 bridgehead atoms. The number of benzene rings is 2. The van der Waals surface area contributed by atoms with E-state index in [0.29, 0.717) is 18.1 Å². The Morgan fingerprint density at radius 2 is 1.70 bits per heavy atom. The minimum absolute atomic E-state index is 0.0583. The van der Waals surface area contributed by atoms with E-state index in [0.717, 1.165) is 57.1 Å². The maximum absolute atomic E-state index is 13.7. The van der Waals surface area contributed by atoms with Crippen molar-refractivity contribution in [3.63, 3.8) is 0 Å². The molecule has 10 heteroatoms. The molecule has 3 fully saturated rings. The molecule has 1 saturated carbocycles. The molecule has 2 aromatic rings. The first-order valence-corrected chi connectivity index (χ1v) is 14.2. The standard InChI is InChI=1S/C30H35ClF3N3O3/c1-35(28(38)22-7-10-27(40-2)25(15-22)30(32,33)34)26-18-37(17-24(26)20-5-8-23(31)9-6-20)29(39)21-11-13-36(14-12-21)16-19-3-4-19/h5-10,15,19,21,24,26H,3-4,11-14,16-18H2,1-2H3/t24-,26+/m1/s1. The van der Waals surface area contributed by atoms with Gasteiger partial charge in [-0.2, -0.15) is 13.2 Å². The van der Waals surface area contributed by atoms with Gasteiger partial charge in [0.05, 0.1) is 18.7 Å². The van der Waals surface area contributed by atoms with Gasteiger partial charge in [0.1, 0.15) is 5.75 Å². The average Bonchev–Trinajstić information content (AvgIpc) is 3.65. The minimum atomic E-state index is -4.67. The second kappa shape index (κ2) is 11.6. The summed E-state index contributed by atoms with van der Waals surface area (Å²) in [5.41, 5.74) is -0.160. The van der Waals surface area contributed by atoms with Crippen LogP contribution in [0.4, 0.5) is 13.2 Å². The third-order valence-electron chi connectivity index (χ3n) is 8.62. The van der Waals surface area contributed by atoms with Gasteiger partial charge in [-0.25, -0.2) is 0 Å². The third kappa shape index (κ3) is 6.25. The lowest BCUT2D eigenvalue weighted by atomic mass is 9.93. The molecular weight excluding hydrogens is 543 g/mol. The Morgan fingerprint density at radius 3 is 2.30 bits per heavy atom. The molecule has 0 N–H and O–H groups in total. The number of likely N-dealkylation sites (N-methyl/N-ethyl adjacent to an activating group) is 1. The number of amides is 2. The van der Waals surface area contributed by atoms with Crippen LogP contribution in [-0.2, 0) is 11.0 Å². The molecule has 0 spiro atoms. The fourth-order valence-corrected chi connectivity index (χ4v) is 6.23. The van der Waals surface area contributed by atoms with Crippen molar-refractivity contribution in [2.75, 3.05) is 46.9 Å². The minimum Gasteiger partial charge on any atom is -0.496 e. The maximum Gasteiger partial charge on any atom is 0.419 e. The zero-order valence-electron chi connectivity index (χ0n) is 22.8. The Balaban J connectivity index is 1.35. The molecule has 2 saturated heterocycles. The molecule has 2 atom stereocenters. The van der Waals surface area contributed by atoms with E-state index in [-0.39, 0.29) is 29.1 Å². The number of halogens is 4. The largest absolute Gasteiger partial charge is 0.496 e. The van der Waals surface area contributed by atoms with Crippen LogP contribution >= 0.6 is 11.6 Å². The molecule has 2 aromatic carbocycles. The Labute approximate surface area is 238 Å². The highest BCUT2D eigenvalue weighted by Crippen LogP contribution is 2.38. The number of methoxy groups -OCH3 is 1. The van der Waals surface area contributed by atoms with Gasteiger partial charge in [-0.05, 0) is 80.6 Å². The van der Waals surface area contributed by atoms with Gasteiger partial charge in [-0.15, -0.1) is 0 Å². The highest BCUT2D eigenvalue weighted by molar-refractivity contribution is 6.30. The van der Waals surface area contributed by atoms with Crippen LogP contribution in [0, 0.1) is 11.8 Å². The molecule has 2 amide bonds. The number of carbonyl (C=O) groups excluding carboxylic acids is 2. The zero-order valence-corrected chi connectivity index (χ0v) is 23.5. The highest BCUT2D eigenvalue weighted by Gasteiger charge is 2.43. The molecule has 6 nitrogen and oxygen atoms in total. The fourth-order valence-electron chi connectivity index (χ4n) is 6.10. The maximum atomic E-state index is 13.7. The predicted molar refractivity (Wildman–Crippen MR) is 147 cm³/mol. The van der Waals surface area contributed by atoms with Crippen molar-refractivity contribution in [3.05, 3.63) is 64.2 Å². The molecule has 2 aliphatic heterocycles. The van der Waals surface area contributed by atoms with Gasteiger partial charge in [0.15, 0.2) is 0 Å². The second-order valence-corrected chi connectivity index (χ2v) is 11.8. The number of ether oxygens (including phenoxy) is 1. The van der Waals surface area contributed by atoms with Crippen LogP contribution in [0.15, 0.2) is 42.5 Å². The zero-order chi connectivity index (χ0) is 28.6. The molecule has 216 valence electrons. The van der Waals surface area contributed by atoms with Crippen molar-refractivity contribution in [1.29, 1.82) is 0 Å². The van der Waals surface area contributed by atoms with Crippen LogP contribution in [0.3, 0.4) is 0 Å². The van der Waals surface area contributed by atoms with Crippen LogP contribution < -0.4 is 4.74 Å². The Hall–Kier alpha value is -2.78. The van der Waals surface area contributed by atoms with E-state index >= 15 is 0 Å². The summed E-state index contributed by atoms with van der Waals surface area (Å²) < 4.78 is 45.8. The van der Waals surface area contributed by atoms with Gasteiger partial charge < -0.3 is 19.4 Å². The van der Waals surface area contributed by atoms with E-state index in [2.05, 4.69) is 4.90 Å². The van der Waals surface area contributed by atoms with Crippen LogP contribution in [0.2, 0.25) is 5.02 Å². The lowest BCUT2D eigenvalue weighted by molar-refractivity contribution is -0.139. The van der Waals surface area contributed by atoms with E-state index in [4.69, 9.17) is 16.3 Å². The Bertz CT molecular complexity index is 1230. The molecule has 0 unspecified atom stereocenters. The van der Waals surface area contributed by atoms with E-state index in [1.165, 1.54) is 29.9 Å². The summed E-state index contributed by atoms with van der Waals surface area (Å²) in [6, 6.07) is 10.3. The number of hydrogen-bond acceptors (Lipinski definition) is 4. The molecule has 1 aliphatic carbocycles. The second-order valence-electron chi connectivity index (χ2n) is 11.3. The topological polar surface area (TPSA) is 53.1 Å². The van der Waals surface area contributed by atoms with Crippen LogP contribution in [-0.4, -0.2) is 79.4 Å². The number of alkyl halides is 3. The molecule has 5 rings (SSSR count). The van der Waals surface area contributed by atoms with Gasteiger partial charge >= 0.3 is 6.18 Å². The number of nitrogens with zero attached hydrogens (tertiary/aromatic N) is 3. The van der Waals surface area contributed by atoms with E-state index in [1.54, 1.807) is 19.2 Å². The first-order valence-electron chi connectivity index (χ1n) is 13.8. The van der Waals surface area contributed by atoms with E-state index in [1.807, 2.05) is 17.0 Å². The van der Waals surface area contributed by atoms with Crippen LogP contribution in [0.5, 0.6) is 5.75 Å². The quantitative estimate of drug-likeness (QED) is 0.433. The van der Waals surface area contributed by atoms with Gasteiger partial charge in [0, 0.05) is 49.1 Å². The lowest BCUT2D eigenvalue weighted by Gasteiger charge is -2.33. The molecule has 0 aromatic heterocycles. The summed E-state index contributed by atoms with van der Waals surface area (Å²) >= 11 is 6.12. The van der Waals surface area contributed by atoms with Crippen LogP contribution in [0.25, 0.3) is 0 Å². The van der Waals surface area contributed by atoms with Gasteiger partial charge in [-0.1, -0.05) is 23.7 Å². The van der Waals surface area contributed by atoms with Crippen molar-refractivity contribution < 1.29 is 27.5 Å². The molecule has 0 radical (unpaired) electrons. The van der Waals surface area contributed by atoms with Gasteiger partial charge in [0.2, 0.25) is 5.91 Å². The van der Waals surface area contributed by atoms with Crippen molar-refractivity contribution in [1.82, 2.24) is 14.7 Å².